The van der Waals surface area contributed by atoms with Crippen LogP contribution in [0, 0.1) is 11.7 Å². The van der Waals surface area contributed by atoms with E-state index in [0.29, 0.717) is 11.4 Å². The predicted octanol–water partition coefficient (Wildman–Crippen LogP) is 0.896. The van der Waals surface area contributed by atoms with Crippen LogP contribution < -0.4 is 0 Å². The van der Waals surface area contributed by atoms with Gasteiger partial charge >= 0.3 is 0 Å². The van der Waals surface area contributed by atoms with Crippen LogP contribution in [0.2, 0.25) is 0 Å². The molecule has 0 spiro atoms. The molecule has 1 aromatic heterocycles. The summed E-state index contributed by atoms with van der Waals surface area (Å²) in [5, 5.41) is 6.67. The van der Waals surface area contributed by atoms with E-state index in [9.17, 15) is 0 Å². The highest BCUT2D eigenvalue weighted by Gasteiger charge is 1.98. The van der Waals surface area contributed by atoms with E-state index in [4.69, 9.17) is 17.0 Å². The maximum Gasteiger partial charge on any atom is 0.195 e. The molecule has 1 heterocycles. The monoisotopic (exact) mass is 173 g/mol. The summed E-state index contributed by atoms with van der Waals surface area (Å²) >= 11 is 4.98. The lowest BCUT2D eigenvalue weighted by Gasteiger charge is -2.00. The molecule has 1 N–H and O–H groups in total. The van der Waals surface area contributed by atoms with Crippen molar-refractivity contribution in [2.24, 2.45) is 0 Å². The van der Waals surface area contributed by atoms with E-state index in [-0.39, 0.29) is 0 Å². The Morgan fingerprint density at radius 3 is 2.91 bits per heavy atom. The van der Waals surface area contributed by atoms with Gasteiger partial charge in [-0.3, -0.25) is 5.10 Å². The van der Waals surface area contributed by atoms with Gasteiger partial charge < -0.3 is 9.30 Å². The zero-order chi connectivity index (χ0) is 8.27. The molecule has 0 aliphatic heterocycles. The Hall–Kier alpha value is -0.680. The maximum absolute atomic E-state index is 4.98. The SMILES string of the molecule is COCCn1c(C)n[nH]c1=S. The summed E-state index contributed by atoms with van der Waals surface area (Å²) < 4.78 is 7.47. The molecule has 62 valence electrons. The fourth-order valence-electron chi connectivity index (χ4n) is 0.842. The number of aromatic nitrogens is 3. The average molecular weight is 173 g/mol. The lowest BCUT2D eigenvalue weighted by molar-refractivity contribution is 0.186. The molecule has 0 aliphatic carbocycles. The van der Waals surface area contributed by atoms with Crippen molar-refractivity contribution < 1.29 is 4.74 Å². The summed E-state index contributed by atoms with van der Waals surface area (Å²) in [6.45, 7) is 3.33. The zero-order valence-electron chi connectivity index (χ0n) is 6.63. The number of nitrogens with zero attached hydrogens (tertiary/aromatic N) is 2. The molecule has 0 fully saturated rings. The second-order valence-electron chi connectivity index (χ2n) is 2.22. The Bertz CT molecular complexity index is 278. The molecule has 0 saturated heterocycles. The van der Waals surface area contributed by atoms with Crippen molar-refractivity contribution >= 4 is 12.2 Å². The highest BCUT2D eigenvalue weighted by molar-refractivity contribution is 7.71. The van der Waals surface area contributed by atoms with Crippen molar-refractivity contribution in [1.29, 1.82) is 0 Å². The van der Waals surface area contributed by atoms with Gasteiger partial charge in [0.05, 0.1) is 6.61 Å². The van der Waals surface area contributed by atoms with Crippen LogP contribution in [0.4, 0.5) is 0 Å². The third-order valence-corrected chi connectivity index (χ3v) is 1.78. The van der Waals surface area contributed by atoms with Gasteiger partial charge in [-0.15, -0.1) is 0 Å². The Morgan fingerprint density at radius 2 is 2.45 bits per heavy atom. The summed E-state index contributed by atoms with van der Waals surface area (Å²) in [7, 11) is 1.67. The smallest absolute Gasteiger partial charge is 0.195 e. The fourth-order valence-corrected chi connectivity index (χ4v) is 1.11. The van der Waals surface area contributed by atoms with Crippen LogP contribution in [-0.2, 0) is 11.3 Å². The first-order valence-corrected chi connectivity index (χ1v) is 3.77. The number of nitrogens with one attached hydrogen (secondary N) is 1. The topological polar surface area (TPSA) is 42.8 Å². The van der Waals surface area contributed by atoms with Gasteiger partial charge in [-0.2, -0.15) is 5.10 Å². The van der Waals surface area contributed by atoms with Crippen LogP contribution >= 0.6 is 12.2 Å². The maximum atomic E-state index is 4.98. The summed E-state index contributed by atoms with van der Waals surface area (Å²) in [4.78, 5) is 0. The number of ether oxygens (including phenoxy) is 1. The number of hydrogen-bond donors (Lipinski definition) is 1. The molecule has 0 aliphatic rings. The first kappa shape index (κ1) is 8.42. The molecule has 0 aromatic carbocycles. The number of aryl methyl sites for hydroxylation is 1. The number of H-pyrrole nitrogens is 1. The minimum atomic E-state index is 0.652. The molecule has 4 nitrogen and oxygen atoms in total. The summed E-state index contributed by atoms with van der Waals surface area (Å²) in [5.74, 6) is 0.895. The average Bonchev–Trinajstić information content (AvgIpc) is 2.29. The highest BCUT2D eigenvalue weighted by atomic mass is 32.1. The Labute approximate surface area is 70.2 Å². The van der Waals surface area contributed by atoms with Gasteiger partial charge in [0.15, 0.2) is 4.77 Å². The standard InChI is InChI=1S/C6H11N3OS/c1-5-7-8-6(11)9(5)3-4-10-2/h3-4H2,1-2H3,(H,8,11). The van der Waals surface area contributed by atoms with E-state index < -0.39 is 0 Å². The van der Waals surface area contributed by atoms with E-state index in [1.165, 1.54) is 0 Å². The van der Waals surface area contributed by atoms with Crippen LogP contribution in [0.25, 0.3) is 0 Å². The third kappa shape index (κ3) is 1.87. The molecule has 0 radical (unpaired) electrons. The Balaban J connectivity index is 2.75. The summed E-state index contributed by atoms with van der Waals surface area (Å²) in [6.07, 6.45) is 0. The molecule has 0 atom stereocenters. The van der Waals surface area contributed by atoms with Gasteiger partial charge in [0, 0.05) is 13.7 Å². The summed E-state index contributed by atoms with van der Waals surface area (Å²) in [6, 6.07) is 0. The lowest BCUT2D eigenvalue weighted by atomic mass is 10.6. The molecule has 0 unspecified atom stereocenters. The van der Waals surface area contributed by atoms with Crippen molar-refractivity contribution in [3.63, 3.8) is 0 Å². The molecule has 5 heteroatoms. The normalized spacial score (nSPS) is 10.4. The van der Waals surface area contributed by atoms with Gasteiger partial charge in [0.25, 0.3) is 0 Å². The van der Waals surface area contributed by atoms with Gasteiger partial charge in [-0.25, -0.2) is 0 Å². The highest BCUT2D eigenvalue weighted by Crippen LogP contribution is 1.94. The molecular weight excluding hydrogens is 162 g/mol. The van der Waals surface area contributed by atoms with Crippen LogP contribution in [0.5, 0.6) is 0 Å². The lowest BCUT2D eigenvalue weighted by Crippen LogP contribution is -2.05. The summed E-state index contributed by atoms with van der Waals surface area (Å²) in [5.41, 5.74) is 0. The van der Waals surface area contributed by atoms with Crippen LogP contribution in [0.15, 0.2) is 0 Å². The van der Waals surface area contributed by atoms with Crippen molar-refractivity contribution in [3.05, 3.63) is 10.6 Å². The largest absolute Gasteiger partial charge is 0.383 e. The second kappa shape index (κ2) is 3.64. The molecule has 1 aromatic rings. The van der Waals surface area contributed by atoms with E-state index in [0.717, 1.165) is 12.4 Å². The van der Waals surface area contributed by atoms with Gasteiger partial charge in [0.2, 0.25) is 0 Å². The number of hydrogen-bond acceptors (Lipinski definition) is 3. The molecule has 0 amide bonds. The third-order valence-electron chi connectivity index (χ3n) is 1.47. The Kier molecular flexibility index (Phi) is 2.78. The number of rotatable bonds is 3. The predicted molar refractivity (Wildman–Crippen MR) is 44.0 cm³/mol. The van der Waals surface area contributed by atoms with Crippen molar-refractivity contribution in [2.45, 2.75) is 13.5 Å². The molecule has 0 bridgehead atoms. The zero-order valence-corrected chi connectivity index (χ0v) is 7.44. The van der Waals surface area contributed by atoms with Gasteiger partial charge in [-0.1, -0.05) is 0 Å². The first-order valence-electron chi connectivity index (χ1n) is 3.36. The van der Waals surface area contributed by atoms with Crippen LogP contribution in [0.3, 0.4) is 0 Å². The molecule has 1 rings (SSSR count). The van der Waals surface area contributed by atoms with E-state index in [1.807, 2.05) is 11.5 Å². The minimum Gasteiger partial charge on any atom is -0.383 e. The fraction of sp³-hybridized carbons (Fsp3) is 0.667. The van der Waals surface area contributed by atoms with E-state index in [1.54, 1.807) is 7.11 Å². The van der Waals surface area contributed by atoms with E-state index in [2.05, 4.69) is 10.2 Å². The Morgan fingerprint density at radius 1 is 1.73 bits per heavy atom. The number of methoxy groups -OCH3 is 1. The van der Waals surface area contributed by atoms with Crippen molar-refractivity contribution in [3.8, 4) is 0 Å². The number of aromatic amines is 1. The van der Waals surface area contributed by atoms with Crippen molar-refractivity contribution in [2.75, 3.05) is 13.7 Å². The molecule has 11 heavy (non-hydrogen) atoms. The molecule has 0 saturated carbocycles. The van der Waals surface area contributed by atoms with E-state index >= 15 is 0 Å². The second-order valence-corrected chi connectivity index (χ2v) is 2.61. The van der Waals surface area contributed by atoms with Crippen molar-refractivity contribution in [1.82, 2.24) is 14.8 Å². The quantitative estimate of drug-likeness (QED) is 0.690. The molecular formula is C6H11N3OS. The first-order chi connectivity index (χ1) is 5.25. The minimum absolute atomic E-state index is 0.652. The van der Waals surface area contributed by atoms with Crippen LogP contribution in [0.1, 0.15) is 5.82 Å². The van der Waals surface area contributed by atoms with Crippen LogP contribution in [-0.4, -0.2) is 28.5 Å². The van der Waals surface area contributed by atoms with Gasteiger partial charge in [-0.05, 0) is 19.1 Å². The van der Waals surface area contributed by atoms with Gasteiger partial charge in [0.1, 0.15) is 5.82 Å².